The van der Waals surface area contributed by atoms with E-state index in [2.05, 4.69) is 56.6 Å². The molecule has 5 aromatic rings. The molecule has 0 saturated carbocycles. The SMILES string of the molecule is COc1ccc(C(OC[C@]2(CO[Si](C(C)C)(C(C)C)C(C)C)CN(C(=O)OC(C)(C)C)C[C@H](n3ccc(-n4cncn4)nc3=O)O2)(c2ccccc2)c2ccc(OC)cc2)cc1. The number of aromatic nitrogens is 5. The van der Waals surface area contributed by atoms with Gasteiger partial charge >= 0.3 is 11.8 Å². The van der Waals surface area contributed by atoms with Gasteiger partial charge in [0.1, 0.15) is 41.0 Å². The molecule has 1 aliphatic heterocycles. The number of rotatable bonds is 16. The van der Waals surface area contributed by atoms with Gasteiger partial charge in [-0.25, -0.2) is 19.3 Å². The van der Waals surface area contributed by atoms with Crippen molar-refractivity contribution >= 4 is 14.4 Å². The van der Waals surface area contributed by atoms with Crippen molar-refractivity contribution in [3.8, 4) is 17.3 Å². The van der Waals surface area contributed by atoms with E-state index in [-0.39, 0.29) is 48.7 Å². The van der Waals surface area contributed by atoms with E-state index in [4.69, 9.17) is 28.1 Å². The third-order valence-corrected chi connectivity index (χ3v) is 17.7. The van der Waals surface area contributed by atoms with E-state index in [1.54, 1.807) is 31.4 Å². The first-order valence-corrected chi connectivity index (χ1v) is 23.3. The normalized spacial score (nSPS) is 17.5. The molecule has 332 valence electrons. The molecule has 1 amide bonds. The van der Waals surface area contributed by atoms with Gasteiger partial charge in [0.15, 0.2) is 20.4 Å². The predicted molar refractivity (Wildman–Crippen MR) is 239 cm³/mol. The van der Waals surface area contributed by atoms with Crippen LogP contribution in [0.15, 0.2) is 109 Å². The molecule has 14 nitrogen and oxygen atoms in total. The first-order chi connectivity index (χ1) is 29.5. The molecule has 2 aromatic heterocycles. The number of benzene rings is 3. The molecule has 1 saturated heterocycles. The van der Waals surface area contributed by atoms with Crippen LogP contribution in [0, 0.1) is 0 Å². The van der Waals surface area contributed by atoms with Gasteiger partial charge in [-0.2, -0.15) is 10.1 Å². The van der Waals surface area contributed by atoms with E-state index in [9.17, 15) is 9.59 Å². The van der Waals surface area contributed by atoms with Crippen LogP contribution in [0.1, 0.15) is 85.2 Å². The summed E-state index contributed by atoms with van der Waals surface area (Å²) in [5.41, 5.74) is -0.807. The Labute approximate surface area is 366 Å². The molecule has 1 aliphatic rings. The van der Waals surface area contributed by atoms with Crippen molar-refractivity contribution in [3.05, 3.63) is 131 Å². The monoisotopic (exact) mass is 866 g/mol. The van der Waals surface area contributed by atoms with Crippen LogP contribution in [-0.2, 0) is 24.2 Å². The molecular formula is C47H62N6O8Si. The second-order valence-corrected chi connectivity index (χ2v) is 23.3. The molecule has 0 unspecified atom stereocenters. The van der Waals surface area contributed by atoms with Gasteiger partial charge in [0.05, 0.1) is 40.5 Å². The summed E-state index contributed by atoms with van der Waals surface area (Å²) in [5, 5.41) is 4.14. The zero-order valence-electron chi connectivity index (χ0n) is 37.9. The minimum atomic E-state index is -2.58. The maximum absolute atomic E-state index is 14.3. The molecular weight excluding hydrogens is 805 g/mol. The predicted octanol–water partition coefficient (Wildman–Crippen LogP) is 8.55. The van der Waals surface area contributed by atoms with Crippen LogP contribution in [-0.4, -0.2) is 95.4 Å². The maximum atomic E-state index is 14.3. The number of methoxy groups -OCH3 is 2. The Bertz CT molecular complexity index is 2210. The molecule has 0 radical (unpaired) electrons. The summed E-state index contributed by atoms with van der Waals surface area (Å²) < 4.78 is 42.3. The van der Waals surface area contributed by atoms with Crippen molar-refractivity contribution in [2.75, 3.05) is 40.5 Å². The number of hydrogen-bond donors (Lipinski definition) is 0. The second kappa shape index (κ2) is 18.9. The molecule has 2 atom stereocenters. The van der Waals surface area contributed by atoms with E-state index < -0.39 is 43.1 Å². The summed E-state index contributed by atoms with van der Waals surface area (Å²) in [7, 11) is 0.688. The third kappa shape index (κ3) is 9.65. The van der Waals surface area contributed by atoms with Gasteiger partial charge in [-0.05, 0) is 84.4 Å². The summed E-state index contributed by atoms with van der Waals surface area (Å²) in [4.78, 5) is 38.3. The Kier molecular flexibility index (Phi) is 14.1. The van der Waals surface area contributed by atoms with Crippen LogP contribution in [0.4, 0.5) is 4.79 Å². The van der Waals surface area contributed by atoms with E-state index in [0.717, 1.165) is 16.7 Å². The van der Waals surface area contributed by atoms with E-state index in [0.29, 0.717) is 11.5 Å². The Morgan fingerprint density at radius 3 is 1.87 bits per heavy atom. The van der Waals surface area contributed by atoms with Gasteiger partial charge in [0, 0.05) is 6.20 Å². The quantitative estimate of drug-likeness (QED) is 0.0696. The lowest BCUT2D eigenvalue weighted by Gasteiger charge is -2.50. The first kappa shape index (κ1) is 46.2. The van der Waals surface area contributed by atoms with E-state index >= 15 is 0 Å². The molecule has 3 aromatic carbocycles. The lowest BCUT2D eigenvalue weighted by molar-refractivity contribution is -0.225. The zero-order valence-corrected chi connectivity index (χ0v) is 38.9. The number of ether oxygens (including phenoxy) is 5. The highest BCUT2D eigenvalue weighted by Crippen LogP contribution is 2.46. The fourth-order valence-corrected chi connectivity index (χ4v) is 14.4. The second-order valence-electron chi connectivity index (χ2n) is 17.8. The minimum Gasteiger partial charge on any atom is -0.497 e. The Balaban J connectivity index is 1.56. The lowest BCUT2D eigenvalue weighted by Crippen LogP contribution is -2.63. The van der Waals surface area contributed by atoms with Crippen molar-refractivity contribution in [2.45, 2.75) is 102 Å². The molecule has 6 rings (SSSR count). The fourth-order valence-electron chi connectivity index (χ4n) is 8.92. The number of morpholine rings is 1. The van der Waals surface area contributed by atoms with Crippen molar-refractivity contribution in [1.82, 2.24) is 29.2 Å². The number of nitrogens with zero attached hydrogens (tertiary/aromatic N) is 6. The molecule has 3 heterocycles. The fraction of sp³-hybridized carbons (Fsp3) is 0.468. The standard InChI is InChI=1S/C47H62N6O8Si/c1-33(2)62(34(3)4,35(5)6)59-30-46(28-51(44(55)61-45(7,8)9)27-42(60-46)52-26-25-41(50-43(52)54)53-32-48-31-49-53)29-58-47(36-15-13-12-14-16-36,37-17-21-39(56-10)22-18-37)38-19-23-40(57-11)24-20-38/h12-26,31-35,42H,27-30H2,1-11H3/t42-,46+/m1/s1. The van der Waals surface area contributed by atoms with Gasteiger partial charge < -0.3 is 33.0 Å². The topological polar surface area (TPSA) is 141 Å². The van der Waals surface area contributed by atoms with Crippen LogP contribution in [0.2, 0.25) is 16.6 Å². The summed E-state index contributed by atoms with van der Waals surface area (Å²) in [6, 6.07) is 27.3. The van der Waals surface area contributed by atoms with E-state index in [1.807, 2.05) is 99.6 Å². The third-order valence-electron chi connectivity index (χ3n) is 11.7. The lowest BCUT2D eigenvalue weighted by atomic mass is 9.79. The highest BCUT2D eigenvalue weighted by atomic mass is 28.4. The average molecular weight is 867 g/mol. The summed E-state index contributed by atoms with van der Waals surface area (Å²) in [5.74, 6) is 1.66. The molecule has 15 heteroatoms. The molecule has 0 bridgehead atoms. The van der Waals surface area contributed by atoms with Gasteiger partial charge in [-0.15, -0.1) is 0 Å². The number of hydrogen-bond acceptors (Lipinski definition) is 11. The van der Waals surface area contributed by atoms with Crippen LogP contribution in [0.25, 0.3) is 5.82 Å². The first-order valence-electron chi connectivity index (χ1n) is 21.2. The van der Waals surface area contributed by atoms with Crippen molar-refractivity contribution in [2.24, 2.45) is 0 Å². The Morgan fingerprint density at radius 2 is 1.39 bits per heavy atom. The highest BCUT2D eigenvalue weighted by Gasteiger charge is 2.52. The van der Waals surface area contributed by atoms with Crippen molar-refractivity contribution in [3.63, 3.8) is 0 Å². The highest BCUT2D eigenvalue weighted by molar-refractivity contribution is 6.77. The van der Waals surface area contributed by atoms with Crippen LogP contribution < -0.4 is 15.2 Å². The van der Waals surface area contributed by atoms with Gasteiger partial charge in [-0.3, -0.25) is 4.57 Å². The van der Waals surface area contributed by atoms with Gasteiger partial charge in [-0.1, -0.05) is 96.1 Å². The molecule has 1 fully saturated rings. The van der Waals surface area contributed by atoms with Gasteiger partial charge in [0.2, 0.25) is 0 Å². The summed E-state index contributed by atoms with van der Waals surface area (Å²) in [6.45, 7) is 18.8. The number of carbonyl (C=O) groups is 1. The maximum Gasteiger partial charge on any atom is 0.410 e. The van der Waals surface area contributed by atoms with Crippen LogP contribution >= 0.6 is 0 Å². The van der Waals surface area contributed by atoms with Crippen molar-refractivity contribution in [1.29, 1.82) is 0 Å². The van der Waals surface area contributed by atoms with Crippen LogP contribution in [0.3, 0.4) is 0 Å². The Hall–Kier alpha value is -5.35. The molecule has 0 spiro atoms. The zero-order chi connectivity index (χ0) is 44.9. The number of carbonyl (C=O) groups excluding carboxylic acids is 1. The number of amides is 1. The largest absolute Gasteiger partial charge is 0.497 e. The Morgan fingerprint density at radius 1 is 0.823 bits per heavy atom. The van der Waals surface area contributed by atoms with Gasteiger partial charge in [0.25, 0.3) is 0 Å². The molecule has 0 aliphatic carbocycles. The molecule has 0 N–H and O–H groups in total. The minimum absolute atomic E-state index is 0.0111. The average Bonchev–Trinajstić information content (AvgIpc) is 3.79. The molecule has 62 heavy (non-hydrogen) atoms. The summed E-state index contributed by atoms with van der Waals surface area (Å²) >= 11 is 0. The van der Waals surface area contributed by atoms with Crippen LogP contribution in [0.5, 0.6) is 11.5 Å². The van der Waals surface area contributed by atoms with Crippen molar-refractivity contribution < 1.29 is 32.9 Å². The smallest absolute Gasteiger partial charge is 0.410 e. The van der Waals surface area contributed by atoms with E-state index in [1.165, 1.54) is 21.9 Å². The summed E-state index contributed by atoms with van der Waals surface area (Å²) in [6.07, 6.45) is 2.85.